The molecular weight excluding hydrogens is 240 g/mol. The lowest BCUT2D eigenvalue weighted by Gasteiger charge is -2.19. The first-order valence-electron chi connectivity index (χ1n) is 6.62. The molecule has 1 N–H and O–H groups in total. The Morgan fingerprint density at radius 2 is 2.00 bits per heavy atom. The number of nitrogens with one attached hydrogen (secondary N) is 1. The minimum absolute atomic E-state index is 0.546. The van der Waals surface area contributed by atoms with Gasteiger partial charge in [-0.25, -0.2) is 0 Å². The Labute approximate surface area is 113 Å². The van der Waals surface area contributed by atoms with Gasteiger partial charge in [-0.15, -0.1) is 5.10 Å². The summed E-state index contributed by atoms with van der Waals surface area (Å²) in [5, 5.41) is 11.4. The highest BCUT2D eigenvalue weighted by atomic mass is 16.4. The molecule has 0 radical (unpaired) electrons. The highest BCUT2D eigenvalue weighted by Crippen LogP contribution is 2.26. The number of para-hydroxylation sites is 1. The number of benzene rings is 1. The van der Waals surface area contributed by atoms with E-state index in [4.69, 9.17) is 4.42 Å². The number of hydrogen-bond acceptors (Lipinski definition) is 5. The summed E-state index contributed by atoms with van der Waals surface area (Å²) in [5.74, 6) is 0.615. The fraction of sp³-hybridized carbons (Fsp3) is 0.429. The molecule has 1 heterocycles. The molecule has 102 valence electrons. The van der Waals surface area contributed by atoms with Crippen LogP contribution in [-0.4, -0.2) is 23.3 Å². The molecule has 2 rings (SSSR count). The minimum Gasteiger partial charge on any atom is -0.406 e. The van der Waals surface area contributed by atoms with Gasteiger partial charge in [0.05, 0.1) is 6.54 Å². The van der Waals surface area contributed by atoms with E-state index in [2.05, 4.69) is 41.5 Å². The van der Waals surface area contributed by atoms with Crippen molar-refractivity contribution in [3.8, 4) is 0 Å². The second kappa shape index (κ2) is 6.33. The first-order valence-corrected chi connectivity index (χ1v) is 6.62. The number of nitrogens with zero attached hydrogens (tertiary/aromatic N) is 3. The molecule has 0 atom stereocenters. The van der Waals surface area contributed by atoms with E-state index in [9.17, 15) is 0 Å². The Kier molecular flexibility index (Phi) is 4.52. The van der Waals surface area contributed by atoms with Gasteiger partial charge in [-0.1, -0.05) is 30.2 Å². The smallest absolute Gasteiger partial charge is 0.322 e. The van der Waals surface area contributed by atoms with Crippen molar-refractivity contribution in [3.05, 3.63) is 35.7 Å². The summed E-state index contributed by atoms with van der Waals surface area (Å²) >= 11 is 0. The first-order chi connectivity index (χ1) is 9.26. The van der Waals surface area contributed by atoms with Crippen LogP contribution >= 0.6 is 0 Å². The molecule has 0 bridgehead atoms. The summed E-state index contributed by atoms with van der Waals surface area (Å²) in [7, 11) is 0. The van der Waals surface area contributed by atoms with Gasteiger partial charge in [0.2, 0.25) is 5.89 Å². The van der Waals surface area contributed by atoms with Crippen molar-refractivity contribution in [1.29, 1.82) is 0 Å². The maximum atomic E-state index is 5.69. The fourth-order valence-corrected chi connectivity index (χ4v) is 1.93. The van der Waals surface area contributed by atoms with Gasteiger partial charge < -0.3 is 9.73 Å². The van der Waals surface area contributed by atoms with Crippen LogP contribution < -0.4 is 10.2 Å². The zero-order valence-corrected chi connectivity index (χ0v) is 11.7. The molecule has 0 aliphatic rings. The van der Waals surface area contributed by atoms with Crippen molar-refractivity contribution in [3.63, 3.8) is 0 Å². The third-order valence-electron chi connectivity index (χ3n) is 2.94. The lowest BCUT2D eigenvalue weighted by molar-refractivity contribution is 0.473. The van der Waals surface area contributed by atoms with E-state index in [1.54, 1.807) is 0 Å². The minimum atomic E-state index is 0.546. The van der Waals surface area contributed by atoms with E-state index in [0.29, 0.717) is 18.5 Å². The van der Waals surface area contributed by atoms with Crippen LogP contribution in [0, 0.1) is 6.92 Å². The van der Waals surface area contributed by atoms with Crippen LogP contribution in [0.15, 0.2) is 28.7 Å². The van der Waals surface area contributed by atoms with Gasteiger partial charge in [-0.2, -0.15) is 0 Å². The van der Waals surface area contributed by atoms with Gasteiger partial charge in [0.1, 0.15) is 0 Å². The fourth-order valence-electron chi connectivity index (χ4n) is 1.93. The van der Waals surface area contributed by atoms with E-state index in [1.807, 2.05) is 24.0 Å². The van der Waals surface area contributed by atoms with Crippen LogP contribution in [0.5, 0.6) is 0 Å². The van der Waals surface area contributed by atoms with Crippen LogP contribution in [-0.2, 0) is 6.54 Å². The molecule has 0 amide bonds. The number of rotatable bonds is 6. The van der Waals surface area contributed by atoms with E-state index in [-0.39, 0.29) is 0 Å². The summed E-state index contributed by atoms with van der Waals surface area (Å²) in [6.07, 6.45) is 0. The van der Waals surface area contributed by atoms with Crippen LogP contribution in [0.2, 0.25) is 0 Å². The third kappa shape index (κ3) is 3.12. The topological polar surface area (TPSA) is 54.2 Å². The van der Waals surface area contributed by atoms with Crippen LogP contribution in [0.4, 0.5) is 11.7 Å². The Hall–Kier alpha value is -1.88. The van der Waals surface area contributed by atoms with Crippen molar-refractivity contribution in [1.82, 2.24) is 15.5 Å². The first kappa shape index (κ1) is 13.5. The second-order valence-corrected chi connectivity index (χ2v) is 4.29. The highest BCUT2D eigenvalue weighted by molar-refractivity contribution is 5.60. The molecule has 0 saturated carbocycles. The standard InChI is InChI=1S/C14H20N4O/c1-4-15-10-13-16-17-14(19-13)18(5-2)12-9-7-6-8-11(12)3/h6-9,15H,4-5,10H2,1-3H3. The Bertz CT molecular complexity index is 524. The number of hydrogen-bond donors (Lipinski definition) is 1. The van der Waals surface area contributed by atoms with Gasteiger partial charge in [-0.3, -0.25) is 4.90 Å². The van der Waals surface area contributed by atoms with E-state index in [0.717, 1.165) is 18.8 Å². The zero-order valence-electron chi connectivity index (χ0n) is 11.7. The molecule has 0 unspecified atom stereocenters. The highest BCUT2D eigenvalue weighted by Gasteiger charge is 2.16. The monoisotopic (exact) mass is 260 g/mol. The molecule has 1 aromatic heterocycles. The maximum Gasteiger partial charge on any atom is 0.322 e. The quantitative estimate of drug-likeness (QED) is 0.865. The van der Waals surface area contributed by atoms with Crippen molar-refractivity contribution < 1.29 is 4.42 Å². The molecule has 0 spiro atoms. The molecule has 0 fully saturated rings. The van der Waals surface area contributed by atoms with Gasteiger partial charge >= 0.3 is 6.01 Å². The zero-order chi connectivity index (χ0) is 13.7. The van der Waals surface area contributed by atoms with E-state index >= 15 is 0 Å². The van der Waals surface area contributed by atoms with Gasteiger partial charge in [-0.05, 0) is 32.0 Å². The summed E-state index contributed by atoms with van der Waals surface area (Å²) < 4.78 is 5.69. The van der Waals surface area contributed by atoms with Crippen molar-refractivity contribution >= 4 is 11.7 Å². The molecule has 5 heteroatoms. The second-order valence-electron chi connectivity index (χ2n) is 4.29. The SMILES string of the molecule is CCNCc1nnc(N(CC)c2ccccc2C)o1. The molecule has 0 aliphatic carbocycles. The summed E-state index contributed by atoms with van der Waals surface area (Å²) in [6.45, 7) is 8.47. The van der Waals surface area contributed by atoms with E-state index < -0.39 is 0 Å². The normalized spacial score (nSPS) is 10.7. The summed E-state index contributed by atoms with van der Waals surface area (Å²) in [6, 6.07) is 8.73. The largest absolute Gasteiger partial charge is 0.406 e. The summed E-state index contributed by atoms with van der Waals surface area (Å²) in [5.41, 5.74) is 2.29. The van der Waals surface area contributed by atoms with E-state index in [1.165, 1.54) is 5.56 Å². The average molecular weight is 260 g/mol. The molecular formula is C14H20N4O. The molecule has 5 nitrogen and oxygen atoms in total. The Morgan fingerprint density at radius 3 is 2.68 bits per heavy atom. The van der Waals surface area contributed by atoms with Gasteiger partial charge in [0, 0.05) is 12.2 Å². The lowest BCUT2D eigenvalue weighted by Crippen LogP contribution is -2.17. The summed E-state index contributed by atoms with van der Waals surface area (Å²) in [4.78, 5) is 2.03. The van der Waals surface area contributed by atoms with Crippen molar-refractivity contribution in [2.45, 2.75) is 27.3 Å². The molecule has 2 aromatic rings. The lowest BCUT2D eigenvalue weighted by atomic mass is 10.2. The van der Waals surface area contributed by atoms with Crippen molar-refractivity contribution in [2.75, 3.05) is 18.0 Å². The molecule has 0 aliphatic heterocycles. The van der Waals surface area contributed by atoms with Crippen LogP contribution in [0.1, 0.15) is 25.3 Å². The third-order valence-corrected chi connectivity index (χ3v) is 2.94. The average Bonchev–Trinajstić information content (AvgIpc) is 2.88. The Balaban J connectivity index is 2.22. The number of anilines is 2. The van der Waals surface area contributed by atoms with Crippen LogP contribution in [0.25, 0.3) is 0 Å². The molecule has 19 heavy (non-hydrogen) atoms. The number of aromatic nitrogens is 2. The number of aryl methyl sites for hydroxylation is 1. The molecule has 0 saturated heterocycles. The van der Waals surface area contributed by atoms with Crippen LogP contribution in [0.3, 0.4) is 0 Å². The Morgan fingerprint density at radius 1 is 1.21 bits per heavy atom. The predicted molar refractivity (Wildman–Crippen MR) is 75.5 cm³/mol. The maximum absolute atomic E-state index is 5.69. The van der Waals surface area contributed by atoms with Gasteiger partial charge in [0.15, 0.2) is 0 Å². The van der Waals surface area contributed by atoms with Crippen molar-refractivity contribution in [2.24, 2.45) is 0 Å². The predicted octanol–water partition coefficient (Wildman–Crippen LogP) is 2.65. The van der Waals surface area contributed by atoms with Gasteiger partial charge in [0.25, 0.3) is 0 Å². The molecule has 1 aromatic carbocycles.